The molecule has 0 unspecified atom stereocenters. The minimum atomic E-state index is -0.734. The first-order valence-electron chi connectivity index (χ1n) is 5.51. The second-order valence-electron chi connectivity index (χ2n) is 3.48. The Morgan fingerprint density at radius 1 is 1.20 bits per heavy atom. The summed E-state index contributed by atoms with van der Waals surface area (Å²) in [7, 11) is 0. The van der Waals surface area contributed by atoms with Crippen LogP contribution in [-0.2, 0) is 0 Å². The van der Waals surface area contributed by atoms with Gasteiger partial charge in [0, 0.05) is 0 Å². The van der Waals surface area contributed by atoms with Gasteiger partial charge in [-0.15, -0.1) is 0 Å². The largest absolute Gasteiger partial charge is 0.209 e. The molecule has 0 aromatic heterocycles. The van der Waals surface area contributed by atoms with E-state index >= 15 is 0 Å². The molecule has 15 heavy (non-hydrogen) atoms. The highest BCUT2D eigenvalue weighted by Gasteiger charge is 2.07. The van der Waals surface area contributed by atoms with Crippen LogP contribution in [0.15, 0.2) is 35.5 Å². The zero-order chi connectivity index (χ0) is 11.7. The van der Waals surface area contributed by atoms with Crippen LogP contribution >= 0.6 is 0 Å². The average molecular weight is 214 g/mol. The van der Waals surface area contributed by atoms with E-state index in [0.29, 0.717) is 12.0 Å². The van der Waals surface area contributed by atoms with E-state index in [4.69, 9.17) is 0 Å². The highest BCUT2D eigenvalue weighted by molar-refractivity contribution is 5.30. The monoisotopic (exact) mass is 214 g/mol. The summed E-state index contributed by atoms with van der Waals surface area (Å²) in [5, 5.41) is 0. The van der Waals surface area contributed by atoms with E-state index in [1.807, 2.05) is 19.9 Å². The van der Waals surface area contributed by atoms with Crippen molar-refractivity contribution in [2.75, 3.05) is 0 Å². The van der Waals surface area contributed by atoms with Crippen molar-refractivity contribution in [3.8, 4) is 0 Å². The first-order valence-corrected chi connectivity index (χ1v) is 5.51. The lowest BCUT2D eigenvalue weighted by molar-refractivity contribution is 0.539. The van der Waals surface area contributed by atoms with E-state index in [0.717, 1.165) is 26.2 Å². The molecule has 0 aliphatic heterocycles. The molecule has 0 aromatic carbocycles. The summed E-state index contributed by atoms with van der Waals surface area (Å²) < 4.78 is 26.1. The molecule has 0 amide bonds. The molecule has 86 valence electrons. The van der Waals surface area contributed by atoms with Crippen LogP contribution in [0, 0.1) is 0 Å². The van der Waals surface area contributed by atoms with Crippen molar-refractivity contribution in [3.63, 3.8) is 0 Å². The van der Waals surface area contributed by atoms with Crippen molar-refractivity contribution in [2.45, 2.75) is 46.5 Å². The van der Waals surface area contributed by atoms with Gasteiger partial charge in [0.05, 0.1) is 0 Å². The highest BCUT2D eigenvalue weighted by Crippen LogP contribution is 2.22. The number of hydrogen-bond acceptors (Lipinski definition) is 0. The second-order valence-corrected chi connectivity index (χ2v) is 3.48. The minimum Gasteiger partial charge on any atom is -0.209 e. The van der Waals surface area contributed by atoms with Crippen LogP contribution in [0.2, 0.25) is 0 Å². The summed E-state index contributed by atoms with van der Waals surface area (Å²) in [5.74, 6) is -1.44. The molecule has 0 aliphatic rings. The van der Waals surface area contributed by atoms with Gasteiger partial charge in [-0.25, -0.2) is 8.78 Å². The normalized spacial score (nSPS) is 14.6. The van der Waals surface area contributed by atoms with Crippen molar-refractivity contribution in [1.82, 2.24) is 0 Å². The predicted octanol–water partition coefficient (Wildman–Crippen LogP) is 5.24. The smallest absolute Gasteiger partial charge is 0.157 e. The van der Waals surface area contributed by atoms with Crippen molar-refractivity contribution in [3.05, 3.63) is 35.5 Å². The van der Waals surface area contributed by atoms with E-state index in [9.17, 15) is 8.78 Å². The molecule has 0 aliphatic carbocycles. The maximum atomic E-state index is 13.3. The molecule has 0 atom stereocenters. The van der Waals surface area contributed by atoms with Crippen LogP contribution in [0.4, 0.5) is 8.78 Å². The van der Waals surface area contributed by atoms with E-state index in [1.54, 1.807) is 12.2 Å². The third kappa shape index (κ3) is 6.21. The van der Waals surface area contributed by atoms with Gasteiger partial charge in [0.1, 0.15) is 5.83 Å². The number of halogens is 2. The molecule has 0 rings (SSSR count). The SMILES string of the molecule is CC/C=C/C=C(CCCC)\C(F)=C(/C)F. The Morgan fingerprint density at radius 3 is 2.33 bits per heavy atom. The minimum absolute atomic E-state index is 0.460. The molecule has 0 saturated carbocycles. The molecule has 0 bridgehead atoms. The topological polar surface area (TPSA) is 0 Å². The van der Waals surface area contributed by atoms with E-state index < -0.39 is 11.7 Å². The van der Waals surface area contributed by atoms with Gasteiger partial charge in [0.15, 0.2) is 5.83 Å². The lowest BCUT2D eigenvalue weighted by Gasteiger charge is -2.03. The average Bonchev–Trinajstić information content (AvgIpc) is 2.22. The first-order chi connectivity index (χ1) is 7.13. The van der Waals surface area contributed by atoms with E-state index in [-0.39, 0.29) is 0 Å². The van der Waals surface area contributed by atoms with Gasteiger partial charge in [-0.3, -0.25) is 0 Å². The molecule has 2 heteroatoms. The lowest BCUT2D eigenvalue weighted by atomic mass is 10.1. The number of allylic oxidation sites excluding steroid dienone is 6. The summed E-state index contributed by atoms with van der Waals surface area (Å²) >= 11 is 0. The first kappa shape index (κ1) is 14.1. The van der Waals surface area contributed by atoms with Crippen LogP contribution in [0.3, 0.4) is 0 Å². The zero-order valence-corrected chi connectivity index (χ0v) is 9.82. The fourth-order valence-electron chi connectivity index (χ4n) is 1.17. The molecule has 0 saturated heterocycles. The Hall–Kier alpha value is -0.920. The van der Waals surface area contributed by atoms with Crippen LogP contribution < -0.4 is 0 Å². The standard InChI is InChI=1S/C13H20F2/c1-4-6-8-10-12(9-7-5-2)13(15)11(3)14/h6,8,10H,4-5,7,9H2,1-3H3/b8-6+,12-10-,13-11-. The van der Waals surface area contributed by atoms with Crippen molar-refractivity contribution in [1.29, 1.82) is 0 Å². The van der Waals surface area contributed by atoms with Crippen LogP contribution in [-0.4, -0.2) is 0 Å². The maximum absolute atomic E-state index is 13.3. The van der Waals surface area contributed by atoms with Crippen LogP contribution in [0.5, 0.6) is 0 Å². The van der Waals surface area contributed by atoms with Gasteiger partial charge >= 0.3 is 0 Å². The lowest BCUT2D eigenvalue weighted by Crippen LogP contribution is -1.87. The van der Waals surface area contributed by atoms with Gasteiger partial charge < -0.3 is 0 Å². The molecule has 0 aromatic rings. The summed E-state index contributed by atoms with van der Waals surface area (Å²) in [6.07, 6.45) is 8.73. The second kappa shape index (κ2) is 8.39. The third-order valence-corrected chi connectivity index (χ3v) is 2.05. The molecular formula is C13H20F2. The van der Waals surface area contributed by atoms with Crippen LogP contribution in [0.1, 0.15) is 46.5 Å². The summed E-state index contributed by atoms with van der Waals surface area (Å²) in [4.78, 5) is 0. The third-order valence-electron chi connectivity index (χ3n) is 2.05. The van der Waals surface area contributed by atoms with E-state index in [1.165, 1.54) is 0 Å². The Bertz CT molecular complexity index is 256. The van der Waals surface area contributed by atoms with Crippen LogP contribution in [0.25, 0.3) is 0 Å². The van der Waals surface area contributed by atoms with Crippen molar-refractivity contribution < 1.29 is 8.78 Å². The Kier molecular flexibility index (Phi) is 7.88. The summed E-state index contributed by atoms with van der Waals surface area (Å²) in [6.45, 7) is 5.19. The molecule has 0 nitrogen and oxygen atoms in total. The Balaban J connectivity index is 4.65. The van der Waals surface area contributed by atoms with Gasteiger partial charge in [0.2, 0.25) is 0 Å². The van der Waals surface area contributed by atoms with Gasteiger partial charge in [0.25, 0.3) is 0 Å². The Morgan fingerprint density at radius 2 is 1.87 bits per heavy atom. The van der Waals surface area contributed by atoms with E-state index in [2.05, 4.69) is 0 Å². The van der Waals surface area contributed by atoms with Gasteiger partial charge in [-0.1, -0.05) is 38.5 Å². The number of unbranched alkanes of at least 4 members (excludes halogenated alkanes) is 1. The fraction of sp³-hybridized carbons (Fsp3) is 0.538. The van der Waals surface area contributed by atoms with Crippen molar-refractivity contribution in [2.24, 2.45) is 0 Å². The maximum Gasteiger partial charge on any atom is 0.157 e. The molecule has 0 fully saturated rings. The highest BCUT2D eigenvalue weighted by atomic mass is 19.2. The number of rotatable bonds is 6. The van der Waals surface area contributed by atoms with Gasteiger partial charge in [-0.2, -0.15) is 0 Å². The summed E-state index contributed by atoms with van der Waals surface area (Å²) in [5.41, 5.74) is 0.460. The molecule has 0 spiro atoms. The predicted molar refractivity (Wildman–Crippen MR) is 62.0 cm³/mol. The molecule has 0 radical (unpaired) electrons. The number of hydrogen-bond donors (Lipinski definition) is 0. The fourth-order valence-corrected chi connectivity index (χ4v) is 1.17. The molecular weight excluding hydrogens is 194 g/mol. The Labute approximate surface area is 91.4 Å². The quantitative estimate of drug-likeness (QED) is 0.530. The molecule has 0 heterocycles. The molecule has 0 N–H and O–H groups in total. The summed E-state index contributed by atoms with van der Waals surface area (Å²) in [6, 6.07) is 0. The van der Waals surface area contributed by atoms with Gasteiger partial charge in [-0.05, 0) is 31.8 Å². The van der Waals surface area contributed by atoms with Crippen molar-refractivity contribution >= 4 is 0 Å². The zero-order valence-electron chi connectivity index (χ0n) is 9.82.